The van der Waals surface area contributed by atoms with Crippen LogP contribution >= 0.6 is 11.3 Å². The predicted octanol–water partition coefficient (Wildman–Crippen LogP) is 5.71. The van der Waals surface area contributed by atoms with E-state index in [2.05, 4.69) is 22.4 Å². The van der Waals surface area contributed by atoms with E-state index in [1.54, 1.807) is 17.5 Å². The van der Waals surface area contributed by atoms with Crippen LogP contribution in [0.3, 0.4) is 0 Å². The molecule has 0 bridgehead atoms. The molecule has 0 radical (unpaired) electrons. The van der Waals surface area contributed by atoms with Crippen LogP contribution in [0.1, 0.15) is 17.2 Å². The molecule has 2 atom stereocenters. The van der Waals surface area contributed by atoms with Crippen molar-refractivity contribution >= 4 is 37.6 Å². The fraction of sp³-hybridized carbons (Fsp3) is 0.120. The zero-order valence-electron chi connectivity index (χ0n) is 16.5. The predicted molar refractivity (Wildman–Crippen MR) is 124 cm³/mol. The van der Waals surface area contributed by atoms with Gasteiger partial charge in [-0.1, -0.05) is 47.7 Å². The van der Waals surface area contributed by atoms with Crippen molar-refractivity contribution in [2.24, 2.45) is 0 Å². The third kappa shape index (κ3) is 3.30. The molecule has 5 nitrogen and oxygen atoms in total. The summed E-state index contributed by atoms with van der Waals surface area (Å²) in [7, 11) is 0. The van der Waals surface area contributed by atoms with E-state index >= 15 is 0 Å². The number of hydrogen-bond donors (Lipinski definition) is 2. The van der Waals surface area contributed by atoms with Crippen LogP contribution < -0.4 is 10.1 Å². The van der Waals surface area contributed by atoms with Crippen molar-refractivity contribution in [1.29, 1.82) is 0 Å². The number of para-hydroxylation sites is 1. The molecule has 31 heavy (non-hydrogen) atoms. The molecule has 6 rings (SSSR count). The summed E-state index contributed by atoms with van der Waals surface area (Å²) < 4.78 is 7.21. The van der Waals surface area contributed by atoms with Gasteiger partial charge in [0.2, 0.25) is 0 Å². The second kappa shape index (κ2) is 7.34. The van der Waals surface area contributed by atoms with E-state index in [0.717, 1.165) is 43.3 Å². The molecule has 152 valence electrons. The highest BCUT2D eigenvalue weighted by Gasteiger charge is 2.31. The Balaban J connectivity index is 1.29. The Morgan fingerprint density at radius 3 is 2.81 bits per heavy atom. The number of benzene rings is 3. The number of nitrogens with zero attached hydrogens (tertiary/aromatic N) is 2. The van der Waals surface area contributed by atoms with E-state index in [0.29, 0.717) is 6.42 Å². The molecule has 6 heteroatoms. The minimum Gasteiger partial charge on any atom is -0.457 e. The molecular formula is C25H19N3O2S. The highest BCUT2D eigenvalue weighted by molar-refractivity contribution is 7.22. The minimum atomic E-state index is -0.455. The van der Waals surface area contributed by atoms with Crippen molar-refractivity contribution < 1.29 is 9.84 Å². The maximum absolute atomic E-state index is 10.5. The van der Waals surface area contributed by atoms with E-state index in [9.17, 15) is 5.11 Å². The van der Waals surface area contributed by atoms with E-state index in [1.165, 1.54) is 5.56 Å². The molecule has 0 amide bonds. The van der Waals surface area contributed by atoms with E-state index < -0.39 is 6.10 Å². The van der Waals surface area contributed by atoms with Crippen LogP contribution in [-0.2, 0) is 6.42 Å². The summed E-state index contributed by atoms with van der Waals surface area (Å²) >= 11 is 1.56. The van der Waals surface area contributed by atoms with Gasteiger partial charge in [-0.2, -0.15) is 0 Å². The minimum absolute atomic E-state index is 0.143. The van der Waals surface area contributed by atoms with Crippen molar-refractivity contribution in [3.8, 4) is 11.5 Å². The van der Waals surface area contributed by atoms with Crippen molar-refractivity contribution in [3.63, 3.8) is 0 Å². The molecule has 0 spiro atoms. The van der Waals surface area contributed by atoms with Gasteiger partial charge in [0, 0.05) is 24.1 Å². The molecular weight excluding hydrogens is 406 g/mol. The van der Waals surface area contributed by atoms with Gasteiger partial charge in [0.05, 0.1) is 27.9 Å². The Hall–Kier alpha value is -3.48. The van der Waals surface area contributed by atoms with Crippen molar-refractivity contribution in [3.05, 3.63) is 90.1 Å². The topological polar surface area (TPSA) is 67.3 Å². The Bertz CT molecular complexity index is 1410. The number of pyridine rings is 1. The monoisotopic (exact) mass is 425 g/mol. The quantitative estimate of drug-likeness (QED) is 0.386. The van der Waals surface area contributed by atoms with Gasteiger partial charge < -0.3 is 15.2 Å². The van der Waals surface area contributed by atoms with Crippen LogP contribution in [0.25, 0.3) is 21.1 Å². The van der Waals surface area contributed by atoms with Gasteiger partial charge >= 0.3 is 0 Å². The molecule has 0 saturated carbocycles. The number of anilines is 1. The smallest absolute Gasteiger partial charge is 0.184 e. The average molecular weight is 426 g/mol. The average Bonchev–Trinajstić information content (AvgIpc) is 3.34. The lowest BCUT2D eigenvalue weighted by Crippen LogP contribution is -2.20. The van der Waals surface area contributed by atoms with Gasteiger partial charge in [0.1, 0.15) is 11.5 Å². The summed E-state index contributed by atoms with van der Waals surface area (Å²) in [4.78, 5) is 9.10. The lowest BCUT2D eigenvalue weighted by atomic mass is 10.1. The first-order valence-electron chi connectivity index (χ1n) is 10.2. The van der Waals surface area contributed by atoms with Gasteiger partial charge in [0.25, 0.3) is 0 Å². The first-order chi connectivity index (χ1) is 15.2. The zero-order valence-corrected chi connectivity index (χ0v) is 17.3. The summed E-state index contributed by atoms with van der Waals surface area (Å²) in [6, 6.07) is 23.7. The Morgan fingerprint density at radius 1 is 0.968 bits per heavy atom. The zero-order chi connectivity index (χ0) is 20.8. The van der Waals surface area contributed by atoms with E-state index in [-0.39, 0.29) is 6.04 Å². The SMILES string of the molecule is O[C@@H]1Cc2ccccc2[C@@H]1Nc1nc2ccc(Oc3ccnc4ccccc34)cc2s1. The lowest BCUT2D eigenvalue weighted by molar-refractivity contribution is 0.166. The third-order valence-electron chi connectivity index (χ3n) is 5.68. The highest BCUT2D eigenvalue weighted by Crippen LogP contribution is 2.38. The molecule has 0 saturated heterocycles. The fourth-order valence-corrected chi connectivity index (χ4v) is 5.13. The van der Waals surface area contributed by atoms with Crippen LogP contribution in [0, 0.1) is 0 Å². The van der Waals surface area contributed by atoms with Crippen LogP contribution in [0.4, 0.5) is 5.13 Å². The van der Waals surface area contributed by atoms with Crippen molar-refractivity contribution in [2.75, 3.05) is 5.32 Å². The maximum Gasteiger partial charge on any atom is 0.184 e. The number of nitrogens with one attached hydrogen (secondary N) is 1. The molecule has 2 aromatic heterocycles. The van der Waals surface area contributed by atoms with Crippen LogP contribution in [0.2, 0.25) is 0 Å². The number of rotatable bonds is 4. The maximum atomic E-state index is 10.5. The molecule has 0 unspecified atom stereocenters. The second-order valence-electron chi connectivity index (χ2n) is 7.67. The number of aliphatic hydroxyl groups excluding tert-OH is 1. The van der Waals surface area contributed by atoms with E-state index in [4.69, 9.17) is 9.72 Å². The van der Waals surface area contributed by atoms with Crippen LogP contribution in [-0.4, -0.2) is 21.2 Å². The first-order valence-corrected chi connectivity index (χ1v) is 11.0. The second-order valence-corrected chi connectivity index (χ2v) is 8.70. The molecule has 5 aromatic rings. The van der Waals surface area contributed by atoms with Gasteiger partial charge in [-0.3, -0.25) is 4.98 Å². The van der Waals surface area contributed by atoms with Crippen LogP contribution in [0.5, 0.6) is 11.5 Å². The van der Waals surface area contributed by atoms with Gasteiger partial charge in [0.15, 0.2) is 5.13 Å². The summed E-state index contributed by atoms with van der Waals surface area (Å²) in [5.74, 6) is 1.53. The Kier molecular flexibility index (Phi) is 4.33. The summed E-state index contributed by atoms with van der Waals surface area (Å²) in [5, 5.41) is 15.7. The number of ether oxygens (including phenoxy) is 1. The fourth-order valence-electron chi connectivity index (χ4n) is 4.20. The molecule has 3 aromatic carbocycles. The largest absolute Gasteiger partial charge is 0.457 e. The van der Waals surface area contributed by atoms with Crippen molar-refractivity contribution in [1.82, 2.24) is 9.97 Å². The first kappa shape index (κ1) is 18.3. The van der Waals surface area contributed by atoms with Crippen LogP contribution in [0.15, 0.2) is 79.0 Å². The molecule has 0 aliphatic heterocycles. The van der Waals surface area contributed by atoms with Gasteiger partial charge in [-0.25, -0.2) is 4.98 Å². The molecule has 2 heterocycles. The van der Waals surface area contributed by atoms with Crippen molar-refractivity contribution in [2.45, 2.75) is 18.6 Å². The van der Waals surface area contributed by atoms with Gasteiger partial charge in [-0.05, 0) is 41.5 Å². The summed E-state index contributed by atoms with van der Waals surface area (Å²) in [6.45, 7) is 0. The van der Waals surface area contributed by atoms with E-state index in [1.807, 2.05) is 60.7 Å². The third-order valence-corrected chi connectivity index (χ3v) is 6.63. The Labute approximate surface area is 183 Å². The standard InChI is InChI=1S/C25H19N3O2S/c29-21-13-15-5-1-2-6-17(15)24(21)28-25-27-20-10-9-16(14-23(20)31-25)30-22-11-12-26-19-8-4-3-7-18(19)22/h1-12,14,21,24,29H,13H2,(H,27,28)/t21-,24+/m1/s1. The number of hydrogen-bond acceptors (Lipinski definition) is 6. The highest BCUT2D eigenvalue weighted by atomic mass is 32.1. The Morgan fingerprint density at radius 2 is 1.84 bits per heavy atom. The number of aliphatic hydroxyl groups is 1. The molecule has 2 N–H and O–H groups in total. The number of fused-ring (bicyclic) bond motifs is 3. The van der Waals surface area contributed by atoms with Gasteiger partial charge in [-0.15, -0.1) is 0 Å². The summed E-state index contributed by atoms with van der Waals surface area (Å²) in [5.41, 5.74) is 4.14. The molecule has 1 aliphatic rings. The lowest BCUT2D eigenvalue weighted by Gasteiger charge is -2.16. The molecule has 0 fully saturated rings. The normalized spacial score (nSPS) is 17.7. The molecule has 1 aliphatic carbocycles. The number of aromatic nitrogens is 2. The summed E-state index contributed by atoms with van der Waals surface area (Å²) in [6.07, 6.45) is 1.97. The number of thiazole rings is 1.